The number of fused-ring (bicyclic) bond motifs is 1. The van der Waals surface area contributed by atoms with Gasteiger partial charge >= 0.3 is 0 Å². The number of nitrogens with zero attached hydrogens (tertiary/aromatic N) is 1. The molecule has 2 aliphatic heterocycles. The molecule has 15 heavy (non-hydrogen) atoms. The molecule has 2 nitrogen and oxygen atoms in total. The summed E-state index contributed by atoms with van der Waals surface area (Å²) >= 11 is 0. The number of para-hydroxylation sites is 1. The first-order valence-corrected chi connectivity index (χ1v) is 5.62. The van der Waals surface area contributed by atoms with Gasteiger partial charge in [0.25, 0.3) is 0 Å². The van der Waals surface area contributed by atoms with Crippen molar-refractivity contribution in [3.8, 4) is 0 Å². The summed E-state index contributed by atoms with van der Waals surface area (Å²) in [5.41, 5.74) is 1.86. The lowest BCUT2D eigenvalue weighted by molar-refractivity contribution is 0.112. The zero-order valence-electron chi connectivity index (χ0n) is 8.67. The van der Waals surface area contributed by atoms with Crippen molar-refractivity contribution in [1.82, 2.24) is 4.90 Å². The van der Waals surface area contributed by atoms with Crippen molar-refractivity contribution in [3.05, 3.63) is 29.6 Å². The average Bonchev–Trinajstić information content (AvgIpc) is 2.17. The molecule has 0 bridgehead atoms. The molecule has 0 aromatic heterocycles. The molecular weight excluding hydrogens is 191 g/mol. The number of nitrogens with one attached hydrogen (secondary N) is 1. The van der Waals surface area contributed by atoms with E-state index >= 15 is 0 Å². The number of halogens is 1. The topological polar surface area (TPSA) is 15.3 Å². The Bertz CT molecular complexity index is 374. The van der Waals surface area contributed by atoms with Crippen molar-refractivity contribution >= 4 is 5.69 Å². The lowest BCUT2D eigenvalue weighted by Crippen LogP contribution is -2.42. The fourth-order valence-corrected chi connectivity index (χ4v) is 2.53. The van der Waals surface area contributed by atoms with Gasteiger partial charge < -0.3 is 5.32 Å². The molecule has 1 fully saturated rings. The normalized spacial score (nSPS) is 25.3. The maximum Gasteiger partial charge on any atom is 0.146 e. The molecule has 2 heterocycles. The third kappa shape index (κ3) is 1.42. The van der Waals surface area contributed by atoms with Crippen LogP contribution in [-0.4, -0.2) is 24.5 Å². The summed E-state index contributed by atoms with van der Waals surface area (Å²) < 4.78 is 13.5. The Labute approximate surface area is 89.1 Å². The molecule has 0 saturated carbocycles. The van der Waals surface area contributed by atoms with E-state index in [4.69, 9.17) is 0 Å². The molecule has 0 aliphatic carbocycles. The Morgan fingerprint density at radius 1 is 1.33 bits per heavy atom. The number of likely N-dealkylation sites (tertiary alicyclic amines) is 1. The van der Waals surface area contributed by atoms with Gasteiger partial charge in [-0.3, -0.25) is 4.90 Å². The zero-order chi connectivity index (χ0) is 10.3. The number of hydrogen-bond acceptors (Lipinski definition) is 2. The van der Waals surface area contributed by atoms with Crippen LogP contribution in [0, 0.1) is 5.82 Å². The maximum absolute atomic E-state index is 13.5. The van der Waals surface area contributed by atoms with Crippen LogP contribution in [0.4, 0.5) is 10.1 Å². The first-order valence-electron chi connectivity index (χ1n) is 5.62. The minimum absolute atomic E-state index is 0.113. The summed E-state index contributed by atoms with van der Waals surface area (Å²) in [7, 11) is 0. The van der Waals surface area contributed by atoms with E-state index in [0.717, 1.165) is 24.2 Å². The van der Waals surface area contributed by atoms with Crippen LogP contribution >= 0.6 is 0 Å². The monoisotopic (exact) mass is 206 g/mol. The van der Waals surface area contributed by atoms with Gasteiger partial charge in [0.05, 0.1) is 5.69 Å². The Balaban J connectivity index is 1.98. The third-order valence-corrected chi connectivity index (χ3v) is 3.46. The number of hydrogen-bond donors (Lipinski definition) is 1. The second-order valence-electron chi connectivity index (χ2n) is 4.32. The van der Waals surface area contributed by atoms with Crippen molar-refractivity contribution in [1.29, 1.82) is 0 Å². The molecule has 1 aromatic rings. The summed E-state index contributed by atoms with van der Waals surface area (Å²) in [6, 6.07) is 5.83. The molecule has 0 amide bonds. The summed E-state index contributed by atoms with van der Waals surface area (Å²) in [5.74, 6) is -0.113. The van der Waals surface area contributed by atoms with E-state index in [2.05, 4.69) is 10.2 Å². The summed E-state index contributed by atoms with van der Waals surface area (Å²) in [6.45, 7) is 3.22. The van der Waals surface area contributed by atoms with Gasteiger partial charge in [0.2, 0.25) is 0 Å². The number of benzene rings is 1. The van der Waals surface area contributed by atoms with Crippen LogP contribution in [0.3, 0.4) is 0 Å². The molecule has 1 aromatic carbocycles. The number of anilines is 1. The Morgan fingerprint density at radius 3 is 2.93 bits per heavy atom. The van der Waals surface area contributed by atoms with Crippen molar-refractivity contribution in [2.75, 3.05) is 25.0 Å². The predicted molar refractivity (Wildman–Crippen MR) is 58.4 cm³/mol. The number of rotatable bonds is 1. The molecule has 2 aliphatic rings. The average molecular weight is 206 g/mol. The summed E-state index contributed by atoms with van der Waals surface area (Å²) in [5, 5.41) is 3.16. The van der Waals surface area contributed by atoms with E-state index in [0.29, 0.717) is 6.04 Å². The molecule has 80 valence electrons. The SMILES string of the molecule is Fc1cccc2c1NCCC2N1CCC1. The van der Waals surface area contributed by atoms with E-state index < -0.39 is 0 Å². The van der Waals surface area contributed by atoms with Gasteiger partial charge in [-0.15, -0.1) is 0 Å². The van der Waals surface area contributed by atoms with Gasteiger partial charge in [0.1, 0.15) is 5.82 Å². The second kappa shape index (κ2) is 3.49. The van der Waals surface area contributed by atoms with E-state index in [1.807, 2.05) is 12.1 Å². The van der Waals surface area contributed by atoms with E-state index in [-0.39, 0.29) is 5.82 Å². The smallest absolute Gasteiger partial charge is 0.146 e. The van der Waals surface area contributed by atoms with Crippen molar-refractivity contribution < 1.29 is 4.39 Å². The van der Waals surface area contributed by atoms with E-state index in [1.54, 1.807) is 0 Å². The maximum atomic E-state index is 13.5. The Morgan fingerprint density at radius 2 is 2.20 bits per heavy atom. The van der Waals surface area contributed by atoms with Crippen molar-refractivity contribution in [2.45, 2.75) is 18.9 Å². The van der Waals surface area contributed by atoms with E-state index in [1.165, 1.54) is 25.6 Å². The molecule has 1 saturated heterocycles. The molecule has 1 N–H and O–H groups in total. The molecule has 0 radical (unpaired) electrons. The standard InChI is InChI=1S/C12H15FN2/c13-10-4-1-3-9-11(15-7-2-8-15)5-6-14-12(9)10/h1,3-4,11,14H,2,5-8H2. The highest BCUT2D eigenvalue weighted by Crippen LogP contribution is 2.37. The van der Waals surface area contributed by atoms with Crippen LogP contribution in [0.2, 0.25) is 0 Å². The zero-order valence-corrected chi connectivity index (χ0v) is 8.67. The Hall–Kier alpha value is -1.09. The van der Waals surface area contributed by atoms with Crippen molar-refractivity contribution in [3.63, 3.8) is 0 Å². The van der Waals surface area contributed by atoms with Crippen LogP contribution < -0.4 is 5.32 Å². The van der Waals surface area contributed by atoms with Crippen molar-refractivity contribution in [2.24, 2.45) is 0 Å². The van der Waals surface area contributed by atoms with Gasteiger partial charge in [0, 0.05) is 12.6 Å². The first kappa shape index (κ1) is 9.16. The minimum Gasteiger partial charge on any atom is -0.382 e. The summed E-state index contributed by atoms with van der Waals surface area (Å²) in [4.78, 5) is 2.44. The molecular formula is C12H15FN2. The first-order chi connectivity index (χ1) is 7.36. The predicted octanol–water partition coefficient (Wildman–Crippen LogP) is 2.39. The Kier molecular flexibility index (Phi) is 2.13. The van der Waals surface area contributed by atoms with Crippen LogP contribution in [0.1, 0.15) is 24.4 Å². The van der Waals surface area contributed by atoms with Crippen LogP contribution in [0.25, 0.3) is 0 Å². The van der Waals surface area contributed by atoms with Gasteiger partial charge in [-0.05, 0) is 37.6 Å². The molecule has 3 rings (SSSR count). The fraction of sp³-hybridized carbons (Fsp3) is 0.500. The molecule has 3 heteroatoms. The highest BCUT2D eigenvalue weighted by atomic mass is 19.1. The van der Waals surface area contributed by atoms with E-state index in [9.17, 15) is 4.39 Å². The quantitative estimate of drug-likeness (QED) is 0.759. The molecule has 1 atom stereocenters. The lowest BCUT2D eigenvalue weighted by atomic mass is 9.94. The third-order valence-electron chi connectivity index (χ3n) is 3.46. The van der Waals surface area contributed by atoms with Crippen LogP contribution in [0.5, 0.6) is 0 Å². The lowest BCUT2D eigenvalue weighted by Gasteiger charge is -2.41. The fourth-order valence-electron chi connectivity index (χ4n) is 2.53. The van der Waals surface area contributed by atoms with Crippen LogP contribution in [0.15, 0.2) is 18.2 Å². The van der Waals surface area contributed by atoms with Gasteiger partial charge in [-0.1, -0.05) is 12.1 Å². The largest absolute Gasteiger partial charge is 0.382 e. The minimum atomic E-state index is -0.113. The highest BCUT2D eigenvalue weighted by molar-refractivity contribution is 5.55. The van der Waals surface area contributed by atoms with Gasteiger partial charge in [0.15, 0.2) is 0 Å². The molecule has 1 unspecified atom stereocenters. The highest BCUT2D eigenvalue weighted by Gasteiger charge is 2.30. The second-order valence-corrected chi connectivity index (χ2v) is 4.32. The van der Waals surface area contributed by atoms with Gasteiger partial charge in [-0.2, -0.15) is 0 Å². The van der Waals surface area contributed by atoms with Gasteiger partial charge in [-0.25, -0.2) is 4.39 Å². The van der Waals surface area contributed by atoms with Crippen LogP contribution in [-0.2, 0) is 0 Å². The molecule has 0 spiro atoms. The summed E-state index contributed by atoms with van der Waals surface area (Å²) in [6.07, 6.45) is 2.38.